The molecule has 2 atom stereocenters. The molecule has 2 amide bonds. The molecule has 0 radical (unpaired) electrons. The predicted octanol–water partition coefficient (Wildman–Crippen LogP) is 3.92. The number of hydrogen-bond acceptors (Lipinski definition) is 3. The Bertz CT molecular complexity index is 612. The molecule has 1 unspecified atom stereocenters. The minimum atomic E-state index is -4.39. The number of alkyl halides is 3. The molecule has 1 aromatic carbocycles. The lowest BCUT2D eigenvalue weighted by molar-refractivity contribution is -0.137. The maximum absolute atomic E-state index is 12.6. The number of hydrogen-bond donors (Lipinski definition) is 2. The normalized spacial score (nSPS) is 21.1. The van der Waals surface area contributed by atoms with Crippen LogP contribution in [0.3, 0.4) is 0 Å². The number of ether oxygens (including phenoxy) is 1. The van der Waals surface area contributed by atoms with E-state index in [0.29, 0.717) is 25.5 Å². The number of urea groups is 1. The van der Waals surface area contributed by atoms with Crippen molar-refractivity contribution in [3.63, 3.8) is 0 Å². The summed E-state index contributed by atoms with van der Waals surface area (Å²) < 4.78 is 43.4. The predicted molar refractivity (Wildman–Crippen MR) is 93.8 cm³/mol. The van der Waals surface area contributed by atoms with Crippen LogP contribution in [0.4, 0.5) is 23.7 Å². The van der Waals surface area contributed by atoms with Gasteiger partial charge in [-0.3, -0.25) is 5.32 Å². The highest BCUT2D eigenvalue weighted by Gasteiger charge is 2.33. The summed E-state index contributed by atoms with van der Waals surface area (Å²) in [5.41, 5.74) is -0.648. The lowest BCUT2D eigenvalue weighted by Gasteiger charge is -2.23. The van der Waals surface area contributed by atoms with E-state index in [-0.39, 0.29) is 23.6 Å². The van der Waals surface area contributed by atoms with Crippen molar-refractivity contribution in [2.75, 3.05) is 25.1 Å². The number of benzene rings is 1. The van der Waals surface area contributed by atoms with Gasteiger partial charge >= 0.3 is 12.2 Å². The van der Waals surface area contributed by atoms with Crippen LogP contribution >= 0.6 is 0 Å². The van der Waals surface area contributed by atoms with Gasteiger partial charge in [0.25, 0.3) is 0 Å². The molecule has 1 heterocycles. The van der Waals surface area contributed by atoms with Crippen LogP contribution in [-0.2, 0) is 10.9 Å². The van der Waals surface area contributed by atoms with Gasteiger partial charge < -0.3 is 15.0 Å². The van der Waals surface area contributed by atoms with Crippen LogP contribution in [0.1, 0.15) is 33.3 Å². The summed E-state index contributed by atoms with van der Waals surface area (Å²) in [5, 5.41) is 5.94. The molecule has 1 saturated heterocycles. The second-order valence-electron chi connectivity index (χ2n) is 7.60. The summed E-state index contributed by atoms with van der Waals surface area (Å²) in [5.74, 6) is 0.247. The van der Waals surface area contributed by atoms with Crippen LogP contribution in [0.5, 0.6) is 0 Å². The molecule has 1 aliphatic rings. The number of rotatable bonds is 4. The standard InChI is InChI=1S/C18H26F3N3O2/c1-12-9-24(10-15(12)22-11-26-17(2,3)4)16(25)23-14-7-5-13(6-8-14)18(19,20)21/h5-8,12,15,22H,9-11H2,1-4H3,(H,23,25)/t12?,15-/m1/s1. The summed E-state index contributed by atoms with van der Waals surface area (Å²) in [6, 6.07) is 4.21. The van der Waals surface area contributed by atoms with Crippen LogP contribution < -0.4 is 10.6 Å². The second kappa shape index (κ2) is 7.84. The van der Waals surface area contributed by atoms with Crippen molar-refractivity contribution < 1.29 is 22.7 Å². The van der Waals surface area contributed by atoms with E-state index in [1.54, 1.807) is 4.90 Å². The van der Waals surface area contributed by atoms with E-state index in [2.05, 4.69) is 10.6 Å². The van der Waals surface area contributed by atoms with Crippen molar-refractivity contribution in [1.29, 1.82) is 0 Å². The summed E-state index contributed by atoms with van der Waals surface area (Å²) in [6.45, 7) is 9.43. The molecule has 0 aliphatic carbocycles. The Kier molecular flexibility index (Phi) is 6.18. The van der Waals surface area contributed by atoms with Gasteiger partial charge in [0.1, 0.15) is 0 Å². The van der Waals surface area contributed by atoms with E-state index in [1.807, 2.05) is 27.7 Å². The minimum absolute atomic E-state index is 0.107. The summed E-state index contributed by atoms with van der Waals surface area (Å²) in [4.78, 5) is 14.0. The fourth-order valence-corrected chi connectivity index (χ4v) is 2.71. The molecule has 5 nitrogen and oxygen atoms in total. The lowest BCUT2D eigenvalue weighted by atomic mass is 10.1. The number of nitrogens with zero attached hydrogens (tertiary/aromatic N) is 1. The summed E-state index contributed by atoms with van der Waals surface area (Å²) in [7, 11) is 0. The molecule has 1 fully saturated rings. The summed E-state index contributed by atoms with van der Waals surface area (Å²) >= 11 is 0. The quantitative estimate of drug-likeness (QED) is 0.787. The number of nitrogens with one attached hydrogen (secondary N) is 2. The van der Waals surface area contributed by atoms with Crippen LogP contribution in [0.25, 0.3) is 0 Å². The average Bonchev–Trinajstić information content (AvgIpc) is 2.87. The largest absolute Gasteiger partial charge is 0.416 e. The van der Waals surface area contributed by atoms with Gasteiger partial charge in [0.05, 0.1) is 17.9 Å². The number of amides is 2. The lowest BCUT2D eigenvalue weighted by Crippen LogP contribution is -2.40. The highest BCUT2D eigenvalue weighted by atomic mass is 19.4. The maximum atomic E-state index is 12.6. The maximum Gasteiger partial charge on any atom is 0.416 e. The van der Waals surface area contributed by atoms with E-state index >= 15 is 0 Å². The van der Waals surface area contributed by atoms with Crippen molar-refractivity contribution in [3.8, 4) is 0 Å². The second-order valence-corrected chi connectivity index (χ2v) is 7.60. The zero-order valence-electron chi connectivity index (χ0n) is 15.5. The zero-order chi connectivity index (χ0) is 19.5. The topological polar surface area (TPSA) is 53.6 Å². The van der Waals surface area contributed by atoms with Crippen molar-refractivity contribution >= 4 is 11.7 Å². The van der Waals surface area contributed by atoms with E-state index in [4.69, 9.17) is 4.74 Å². The minimum Gasteiger partial charge on any atom is -0.361 e. The fourth-order valence-electron chi connectivity index (χ4n) is 2.71. The molecule has 1 aromatic rings. The fraction of sp³-hybridized carbons (Fsp3) is 0.611. The SMILES string of the molecule is CC1CN(C(=O)Nc2ccc(C(F)(F)F)cc2)C[C@H]1NCOC(C)(C)C. The van der Waals surface area contributed by atoms with Crippen molar-refractivity contribution in [2.24, 2.45) is 5.92 Å². The number of likely N-dealkylation sites (tertiary alicyclic amines) is 1. The smallest absolute Gasteiger partial charge is 0.361 e. The highest BCUT2D eigenvalue weighted by molar-refractivity contribution is 5.89. The zero-order valence-corrected chi connectivity index (χ0v) is 15.5. The molecule has 0 spiro atoms. The van der Waals surface area contributed by atoms with Crippen molar-refractivity contribution in [1.82, 2.24) is 10.2 Å². The molecular weight excluding hydrogens is 347 g/mol. The molecule has 1 aliphatic heterocycles. The third kappa shape index (κ3) is 5.88. The first-order valence-electron chi connectivity index (χ1n) is 8.56. The van der Waals surface area contributed by atoms with Crippen LogP contribution in [-0.4, -0.2) is 42.4 Å². The van der Waals surface area contributed by atoms with Gasteiger partial charge in [-0.15, -0.1) is 0 Å². The van der Waals surface area contributed by atoms with E-state index < -0.39 is 11.7 Å². The molecule has 0 aromatic heterocycles. The first kappa shape index (κ1) is 20.5. The van der Waals surface area contributed by atoms with Gasteiger partial charge in [-0.05, 0) is 51.0 Å². The Morgan fingerprint density at radius 3 is 2.35 bits per heavy atom. The number of halogens is 3. The molecule has 26 heavy (non-hydrogen) atoms. The molecule has 2 N–H and O–H groups in total. The number of anilines is 1. The highest BCUT2D eigenvalue weighted by Crippen LogP contribution is 2.30. The first-order valence-corrected chi connectivity index (χ1v) is 8.56. The monoisotopic (exact) mass is 373 g/mol. The molecule has 0 saturated carbocycles. The van der Waals surface area contributed by atoms with Gasteiger partial charge in [0.2, 0.25) is 0 Å². The van der Waals surface area contributed by atoms with Gasteiger partial charge in [0.15, 0.2) is 0 Å². The molecule has 0 bridgehead atoms. The van der Waals surface area contributed by atoms with Gasteiger partial charge in [0, 0.05) is 24.8 Å². The van der Waals surface area contributed by atoms with Crippen molar-refractivity contribution in [3.05, 3.63) is 29.8 Å². The number of carbonyl (C=O) groups excluding carboxylic acids is 1. The molecule has 146 valence electrons. The first-order chi connectivity index (χ1) is 12.0. The summed E-state index contributed by atoms with van der Waals surface area (Å²) in [6.07, 6.45) is -4.39. The molecule has 2 rings (SSSR count). The van der Waals surface area contributed by atoms with E-state index in [0.717, 1.165) is 12.1 Å². The average molecular weight is 373 g/mol. The van der Waals surface area contributed by atoms with E-state index in [1.165, 1.54) is 12.1 Å². The Hall–Kier alpha value is -1.80. The van der Waals surface area contributed by atoms with Gasteiger partial charge in [-0.1, -0.05) is 6.92 Å². The third-order valence-electron chi connectivity index (χ3n) is 4.21. The Balaban J connectivity index is 1.86. The van der Waals surface area contributed by atoms with Gasteiger partial charge in [-0.2, -0.15) is 13.2 Å². The van der Waals surface area contributed by atoms with Crippen LogP contribution in [0.15, 0.2) is 24.3 Å². The van der Waals surface area contributed by atoms with Crippen LogP contribution in [0.2, 0.25) is 0 Å². The van der Waals surface area contributed by atoms with Crippen LogP contribution in [0, 0.1) is 5.92 Å². The Morgan fingerprint density at radius 1 is 1.19 bits per heavy atom. The Morgan fingerprint density at radius 2 is 1.81 bits per heavy atom. The Labute approximate surface area is 151 Å². The van der Waals surface area contributed by atoms with E-state index in [9.17, 15) is 18.0 Å². The van der Waals surface area contributed by atoms with Crippen molar-refractivity contribution in [2.45, 2.75) is 45.5 Å². The molecular formula is C18H26F3N3O2. The number of carbonyl (C=O) groups is 1. The van der Waals surface area contributed by atoms with Gasteiger partial charge in [-0.25, -0.2) is 4.79 Å². The molecule has 8 heteroatoms. The third-order valence-corrected chi connectivity index (χ3v) is 4.21.